The highest BCUT2D eigenvalue weighted by Gasteiger charge is 2.23. The largest absolute Gasteiger partial charge is 0.455 e. The average Bonchev–Trinajstić information content (AvgIpc) is 3.98. The normalized spacial score (nSPS) is 11.5. The number of hydrogen-bond donors (Lipinski definition) is 0. The molecule has 13 rings (SSSR count). The van der Waals surface area contributed by atoms with Crippen molar-refractivity contribution in [1.29, 1.82) is 0 Å². The molecule has 0 aliphatic carbocycles. The second-order valence-electron chi connectivity index (χ2n) is 17.6. The predicted molar refractivity (Wildman–Crippen MR) is 290 cm³/mol. The van der Waals surface area contributed by atoms with E-state index in [-0.39, 0.29) is 0 Å². The van der Waals surface area contributed by atoms with Gasteiger partial charge in [0.1, 0.15) is 11.2 Å². The van der Waals surface area contributed by atoms with Gasteiger partial charge in [0.25, 0.3) is 0 Å². The summed E-state index contributed by atoms with van der Waals surface area (Å²) in [4.78, 5) is 2.42. The van der Waals surface area contributed by atoms with Gasteiger partial charge >= 0.3 is 0 Å². The quantitative estimate of drug-likeness (QED) is 0.144. The minimum atomic E-state index is 0.880. The van der Waals surface area contributed by atoms with Gasteiger partial charge in [0.15, 0.2) is 0 Å². The SMILES string of the molecule is c1ccc(-c2cccc(-c3ccccc3N(c3ccc(-c4cccc(-c5ccccc5-n5c6ccccc6c6ccccc65)c4)cc3)c3ccccc3-c3cccc4c3oc3ccccc34)c2)cc1. The van der Waals surface area contributed by atoms with Crippen LogP contribution in [0.5, 0.6) is 0 Å². The zero-order valence-electron chi connectivity index (χ0n) is 37.7. The number of nitrogens with zero attached hydrogens (tertiary/aromatic N) is 2. The van der Waals surface area contributed by atoms with Gasteiger partial charge in [0.2, 0.25) is 0 Å². The van der Waals surface area contributed by atoms with Crippen LogP contribution in [0.2, 0.25) is 0 Å². The Labute approximate surface area is 401 Å². The first-order chi connectivity index (χ1) is 34.2. The molecule has 0 aliphatic heterocycles. The molecule has 0 radical (unpaired) electrons. The maximum Gasteiger partial charge on any atom is 0.143 e. The molecule has 0 aliphatic rings. The summed E-state index contributed by atoms with van der Waals surface area (Å²) >= 11 is 0. The van der Waals surface area contributed by atoms with Crippen molar-refractivity contribution in [2.75, 3.05) is 4.90 Å². The van der Waals surface area contributed by atoms with E-state index in [1.807, 2.05) is 6.07 Å². The first kappa shape index (κ1) is 40.1. The summed E-state index contributed by atoms with van der Waals surface area (Å²) in [5.74, 6) is 0. The number of fused-ring (bicyclic) bond motifs is 6. The zero-order chi connectivity index (χ0) is 45.7. The highest BCUT2D eigenvalue weighted by atomic mass is 16.3. The standard InChI is InChI=1S/C66H44N2O/c1-2-19-45(20-3-1)47-21-16-23-49(43-47)52-25-4-10-33-60(52)67(62-35-12-8-29-56(62)58-31-18-32-59-57-30-9-15-38-65(57)69-66(58)59)51-41-39-46(40-42-51)48-22-17-24-50(44-48)53-26-5-11-34-61(53)68-63-36-13-6-27-54(63)55-28-7-14-37-64(55)68/h1-44H. The van der Waals surface area contributed by atoms with Crippen LogP contribution in [0.25, 0.3) is 105 Å². The molecule has 2 heterocycles. The van der Waals surface area contributed by atoms with Crippen molar-refractivity contribution in [3.63, 3.8) is 0 Å². The summed E-state index contributed by atoms with van der Waals surface area (Å²) in [5.41, 5.74) is 19.9. The Balaban J connectivity index is 0.949. The summed E-state index contributed by atoms with van der Waals surface area (Å²) in [6.45, 7) is 0. The topological polar surface area (TPSA) is 21.3 Å². The van der Waals surface area contributed by atoms with Crippen molar-refractivity contribution in [3.05, 3.63) is 267 Å². The van der Waals surface area contributed by atoms with Gasteiger partial charge in [-0.15, -0.1) is 0 Å². The number of aromatic nitrogens is 1. The third-order valence-electron chi connectivity index (χ3n) is 13.6. The van der Waals surface area contributed by atoms with Gasteiger partial charge in [-0.25, -0.2) is 0 Å². The number of benzene rings is 11. The van der Waals surface area contributed by atoms with Gasteiger partial charge in [-0.05, 0) is 94.0 Å². The molecule has 0 atom stereocenters. The maximum atomic E-state index is 6.68. The molecule has 2 aromatic heterocycles. The van der Waals surface area contributed by atoms with Gasteiger partial charge in [-0.1, -0.05) is 206 Å². The number of hydrogen-bond acceptors (Lipinski definition) is 2. The summed E-state index contributed by atoms with van der Waals surface area (Å²) in [6, 6.07) is 96.1. The summed E-state index contributed by atoms with van der Waals surface area (Å²) in [7, 11) is 0. The molecule has 0 fully saturated rings. The minimum absolute atomic E-state index is 0.880. The highest BCUT2D eigenvalue weighted by molar-refractivity contribution is 6.12. The van der Waals surface area contributed by atoms with Crippen LogP contribution in [0.4, 0.5) is 17.1 Å². The third-order valence-corrected chi connectivity index (χ3v) is 13.6. The monoisotopic (exact) mass is 880 g/mol. The number of para-hydroxylation sites is 7. The van der Waals surface area contributed by atoms with Crippen LogP contribution in [-0.4, -0.2) is 4.57 Å². The summed E-state index contributed by atoms with van der Waals surface area (Å²) in [5, 5.41) is 4.72. The molecule has 11 aromatic carbocycles. The van der Waals surface area contributed by atoms with Gasteiger partial charge in [0, 0.05) is 49.5 Å². The molecule has 0 saturated carbocycles. The first-order valence-corrected chi connectivity index (χ1v) is 23.6. The molecule has 0 unspecified atom stereocenters. The van der Waals surface area contributed by atoms with Crippen LogP contribution in [-0.2, 0) is 0 Å². The van der Waals surface area contributed by atoms with Crippen LogP contribution in [0.15, 0.2) is 271 Å². The van der Waals surface area contributed by atoms with E-state index < -0.39 is 0 Å². The molecular weight excluding hydrogens is 837 g/mol. The summed E-state index contributed by atoms with van der Waals surface area (Å²) in [6.07, 6.45) is 0. The van der Waals surface area contributed by atoms with Crippen molar-refractivity contribution in [1.82, 2.24) is 4.57 Å². The van der Waals surface area contributed by atoms with Gasteiger partial charge in [0.05, 0.1) is 28.1 Å². The van der Waals surface area contributed by atoms with Crippen molar-refractivity contribution in [2.45, 2.75) is 0 Å². The van der Waals surface area contributed by atoms with E-state index in [9.17, 15) is 0 Å². The predicted octanol–water partition coefficient (Wildman–Crippen LogP) is 18.5. The minimum Gasteiger partial charge on any atom is -0.455 e. The lowest BCUT2D eigenvalue weighted by atomic mass is 9.95. The average molecular weight is 881 g/mol. The van der Waals surface area contributed by atoms with E-state index in [1.54, 1.807) is 0 Å². The molecule has 0 saturated heterocycles. The molecule has 0 N–H and O–H groups in total. The maximum absolute atomic E-state index is 6.68. The third kappa shape index (κ3) is 6.99. The Hall–Kier alpha value is -9.18. The second-order valence-corrected chi connectivity index (χ2v) is 17.6. The lowest BCUT2D eigenvalue weighted by Gasteiger charge is -2.30. The fraction of sp³-hybridized carbons (Fsp3) is 0. The Kier molecular flexibility index (Phi) is 9.84. The van der Waals surface area contributed by atoms with E-state index in [2.05, 4.69) is 270 Å². The van der Waals surface area contributed by atoms with E-state index in [1.165, 1.54) is 38.5 Å². The Morgan fingerprint density at radius 2 is 0.754 bits per heavy atom. The molecule has 13 aromatic rings. The van der Waals surface area contributed by atoms with Crippen LogP contribution in [0, 0.1) is 0 Å². The molecule has 3 nitrogen and oxygen atoms in total. The highest BCUT2D eigenvalue weighted by Crippen LogP contribution is 2.47. The Morgan fingerprint density at radius 3 is 1.46 bits per heavy atom. The Bertz CT molecular complexity index is 3970. The second kappa shape index (κ2) is 16.9. The molecule has 0 amide bonds. The van der Waals surface area contributed by atoms with Gasteiger partial charge < -0.3 is 13.9 Å². The molecule has 0 bridgehead atoms. The van der Waals surface area contributed by atoms with E-state index >= 15 is 0 Å². The number of anilines is 3. The molecule has 69 heavy (non-hydrogen) atoms. The molecule has 0 spiro atoms. The van der Waals surface area contributed by atoms with E-state index in [0.717, 1.165) is 83.6 Å². The van der Waals surface area contributed by atoms with Crippen molar-refractivity contribution in [3.8, 4) is 61.3 Å². The fourth-order valence-electron chi connectivity index (χ4n) is 10.4. The van der Waals surface area contributed by atoms with Crippen LogP contribution in [0.3, 0.4) is 0 Å². The van der Waals surface area contributed by atoms with E-state index in [4.69, 9.17) is 4.42 Å². The van der Waals surface area contributed by atoms with Gasteiger partial charge in [-0.2, -0.15) is 0 Å². The van der Waals surface area contributed by atoms with Crippen LogP contribution in [0.1, 0.15) is 0 Å². The molecular formula is C66H44N2O. The zero-order valence-corrected chi connectivity index (χ0v) is 37.7. The van der Waals surface area contributed by atoms with E-state index in [0.29, 0.717) is 0 Å². The van der Waals surface area contributed by atoms with Crippen LogP contribution < -0.4 is 4.90 Å². The summed E-state index contributed by atoms with van der Waals surface area (Å²) < 4.78 is 9.10. The first-order valence-electron chi connectivity index (χ1n) is 23.6. The van der Waals surface area contributed by atoms with Gasteiger partial charge in [-0.3, -0.25) is 0 Å². The molecule has 324 valence electrons. The lowest BCUT2D eigenvalue weighted by Crippen LogP contribution is -2.12. The molecule has 3 heteroatoms. The van der Waals surface area contributed by atoms with Crippen molar-refractivity contribution in [2.24, 2.45) is 0 Å². The number of rotatable bonds is 9. The number of furan rings is 1. The van der Waals surface area contributed by atoms with Crippen molar-refractivity contribution >= 4 is 60.8 Å². The lowest BCUT2D eigenvalue weighted by molar-refractivity contribution is 0.670. The van der Waals surface area contributed by atoms with Crippen LogP contribution >= 0.6 is 0 Å². The Morgan fingerprint density at radius 1 is 0.290 bits per heavy atom. The smallest absolute Gasteiger partial charge is 0.143 e. The fourth-order valence-corrected chi connectivity index (χ4v) is 10.4. The van der Waals surface area contributed by atoms with Crippen molar-refractivity contribution < 1.29 is 4.42 Å².